The molecule has 0 aliphatic heterocycles. The molecule has 0 saturated heterocycles. The maximum absolute atomic E-state index is 12.7. The predicted octanol–water partition coefficient (Wildman–Crippen LogP) is 5.98. The van der Waals surface area contributed by atoms with Gasteiger partial charge in [-0.25, -0.2) is 13.4 Å². The largest absolute Gasteiger partial charge is 0.440 e. The van der Waals surface area contributed by atoms with Gasteiger partial charge in [0.1, 0.15) is 4.21 Å². The van der Waals surface area contributed by atoms with Gasteiger partial charge in [-0.3, -0.25) is 4.72 Å². The van der Waals surface area contributed by atoms with Gasteiger partial charge in [-0.05, 0) is 48.6 Å². The molecule has 1 saturated carbocycles. The molecule has 0 spiro atoms. The van der Waals surface area contributed by atoms with Crippen LogP contribution in [0.2, 0.25) is 0 Å². The Hall–Kier alpha value is -2.12. The molecule has 1 aliphatic rings. The SMILES string of the molecule is CC(C)c1ccc(NS(=O)(=O)c2ccc(-c3cnc(C4CCCC4)o3)s2)cc1. The molecule has 3 aromatic rings. The van der Waals surface area contributed by atoms with Crippen LogP contribution in [0.25, 0.3) is 10.6 Å². The van der Waals surface area contributed by atoms with Gasteiger partial charge in [0.15, 0.2) is 11.7 Å². The van der Waals surface area contributed by atoms with E-state index in [0.717, 1.165) is 23.6 Å². The Morgan fingerprint density at radius 3 is 2.50 bits per heavy atom. The molecule has 1 aromatic carbocycles. The summed E-state index contributed by atoms with van der Waals surface area (Å²) < 4.78 is 34.3. The fraction of sp³-hybridized carbons (Fsp3) is 0.381. The van der Waals surface area contributed by atoms with Gasteiger partial charge in [0, 0.05) is 11.6 Å². The lowest BCUT2D eigenvalue weighted by molar-refractivity contribution is 0.458. The highest BCUT2D eigenvalue weighted by molar-refractivity contribution is 7.94. The first-order chi connectivity index (χ1) is 13.4. The second-order valence-corrected chi connectivity index (χ2v) is 10.5. The van der Waals surface area contributed by atoms with Crippen molar-refractivity contribution in [3.63, 3.8) is 0 Å². The first-order valence-corrected chi connectivity index (χ1v) is 11.9. The Bertz CT molecular complexity index is 1040. The molecule has 4 rings (SSSR count). The Morgan fingerprint density at radius 1 is 1.11 bits per heavy atom. The Labute approximate surface area is 169 Å². The number of benzene rings is 1. The highest BCUT2D eigenvalue weighted by atomic mass is 32.2. The van der Waals surface area contributed by atoms with Crippen LogP contribution in [0.1, 0.15) is 62.8 Å². The summed E-state index contributed by atoms with van der Waals surface area (Å²) in [6.07, 6.45) is 6.36. The van der Waals surface area contributed by atoms with Crippen LogP contribution in [0, 0.1) is 0 Å². The van der Waals surface area contributed by atoms with E-state index < -0.39 is 10.0 Å². The maximum atomic E-state index is 12.7. The fourth-order valence-electron chi connectivity index (χ4n) is 3.50. The summed E-state index contributed by atoms with van der Waals surface area (Å²) >= 11 is 1.19. The van der Waals surface area contributed by atoms with Crippen LogP contribution < -0.4 is 4.72 Å². The normalized spacial score (nSPS) is 15.4. The summed E-state index contributed by atoms with van der Waals surface area (Å²) in [5.74, 6) is 2.21. The lowest BCUT2D eigenvalue weighted by Gasteiger charge is -2.09. The molecule has 0 bridgehead atoms. The van der Waals surface area contributed by atoms with E-state index in [4.69, 9.17) is 4.42 Å². The molecule has 1 fully saturated rings. The van der Waals surface area contributed by atoms with Crippen LogP contribution >= 0.6 is 11.3 Å². The van der Waals surface area contributed by atoms with Gasteiger partial charge in [-0.15, -0.1) is 11.3 Å². The van der Waals surface area contributed by atoms with Crippen LogP contribution in [0.5, 0.6) is 0 Å². The third-order valence-corrected chi connectivity index (χ3v) is 8.12. The summed E-state index contributed by atoms with van der Waals surface area (Å²) in [5.41, 5.74) is 1.73. The van der Waals surface area contributed by atoms with E-state index in [1.54, 1.807) is 30.5 Å². The number of nitrogens with one attached hydrogen (secondary N) is 1. The fourth-order valence-corrected chi connectivity index (χ4v) is 5.81. The second-order valence-electron chi connectivity index (χ2n) is 7.55. The molecule has 148 valence electrons. The number of hydrogen-bond acceptors (Lipinski definition) is 5. The molecular weight excluding hydrogens is 392 g/mol. The standard InChI is InChI=1S/C21H24N2O3S2/c1-14(2)15-7-9-17(10-8-15)23-28(24,25)20-12-11-19(27-20)18-13-22-21(26-18)16-5-3-4-6-16/h7-14,16,23H,3-6H2,1-2H3. The molecule has 0 atom stereocenters. The summed E-state index contributed by atoms with van der Waals surface area (Å²) in [6.45, 7) is 4.21. The number of sulfonamides is 1. The van der Waals surface area contributed by atoms with Gasteiger partial charge in [0.25, 0.3) is 10.0 Å². The average Bonchev–Trinajstić information content (AvgIpc) is 3.40. The van der Waals surface area contributed by atoms with E-state index in [1.807, 2.05) is 12.1 Å². The molecule has 1 aliphatic carbocycles. The van der Waals surface area contributed by atoms with Crippen LogP contribution in [0.4, 0.5) is 5.69 Å². The highest BCUT2D eigenvalue weighted by Gasteiger charge is 2.23. The minimum atomic E-state index is -3.64. The van der Waals surface area contributed by atoms with E-state index in [-0.39, 0.29) is 4.21 Å². The minimum absolute atomic E-state index is 0.259. The van der Waals surface area contributed by atoms with Gasteiger partial charge in [0.05, 0.1) is 11.1 Å². The zero-order chi connectivity index (χ0) is 19.7. The Balaban J connectivity index is 1.51. The molecule has 2 heterocycles. The van der Waals surface area contributed by atoms with Gasteiger partial charge >= 0.3 is 0 Å². The highest BCUT2D eigenvalue weighted by Crippen LogP contribution is 2.37. The molecule has 1 N–H and O–H groups in total. The molecule has 7 heteroatoms. The van der Waals surface area contributed by atoms with E-state index in [1.165, 1.54) is 29.7 Å². The molecule has 5 nitrogen and oxygen atoms in total. The van der Waals surface area contributed by atoms with Gasteiger partial charge < -0.3 is 4.42 Å². The predicted molar refractivity (Wildman–Crippen MR) is 112 cm³/mol. The molecule has 0 unspecified atom stereocenters. The van der Waals surface area contributed by atoms with Gasteiger partial charge in [-0.1, -0.05) is 38.8 Å². The first-order valence-electron chi connectivity index (χ1n) is 9.61. The van der Waals surface area contributed by atoms with Crippen molar-refractivity contribution in [1.82, 2.24) is 4.98 Å². The zero-order valence-corrected chi connectivity index (χ0v) is 17.6. The summed E-state index contributed by atoms with van der Waals surface area (Å²) in [7, 11) is -3.64. The lowest BCUT2D eigenvalue weighted by atomic mass is 10.0. The van der Waals surface area contributed by atoms with E-state index in [0.29, 0.717) is 23.3 Å². The quantitative estimate of drug-likeness (QED) is 0.536. The van der Waals surface area contributed by atoms with Crippen molar-refractivity contribution in [2.75, 3.05) is 4.72 Å². The summed E-state index contributed by atoms with van der Waals surface area (Å²) in [5, 5.41) is 0. The van der Waals surface area contributed by atoms with E-state index in [9.17, 15) is 8.42 Å². The van der Waals surface area contributed by atoms with Crippen LogP contribution in [-0.2, 0) is 10.0 Å². The van der Waals surface area contributed by atoms with E-state index in [2.05, 4.69) is 23.6 Å². The van der Waals surface area contributed by atoms with Gasteiger partial charge in [0.2, 0.25) is 0 Å². The smallest absolute Gasteiger partial charge is 0.271 e. The Kier molecular flexibility index (Phi) is 5.29. The zero-order valence-electron chi connectivity index (χ0n) is 16.0. The van der Waals surface area contributed by atoms with Crippen LogP contribution in [-0.4, -0.2) is 13.4 Å². The van der Waals surface area contributed by atoms with Crippen LogP contribution in [0.3, 0.4) is 0 Å². The van der Waals surface area contributed by atoms with Crippen molar-refractivity contribution < 1.29 is 12.8 Å². The number of oxazole rings is 1. The average molecular weight is 417 g/mol. The maximum Gasteiger partial charge on any atom is 0.271 e. The minimum Gasteiger partial charge on any atom is -0.440 e. The van der Waals surface area contributed by atoms with Crippen LogP contribution in [0.15, 0.2) is 51.2 Å². The molecular formula is C21H24N2O3S2. The molecule has 28 heavy (non-hydrogen) atoms. The number of hydrogen-bond donors (Lipinski definition) is 1. The van der Waals surface area contributed by atoms with Crippen molar-refractivity contribution in [2.45, 2.75) is 55.6 Å². The number of anilines is 1. The number of aromatic nitrogens is 1. The van der Waals surface area contributed by atoms with Crippen molar-refractivity contribution in [2.24, 2.45) is 0 Å². The van der Waals surface area contributed by atoms with Crippen molar-refractivity contribution in [3.8, 4) is 10.6 Å². The van der Waals surface area contributed by atoms with Crippen molar-refractivity contribution in [3.05, 3.63) is 54.0 Å². The van der Waals surface area contributed by atoms with Gasteiger partial charge in [-0.2, -0.15) is 0 Å². The molecule has 0 amide bonds. The third-order valence-electron chi connectivity index (χ3n) is 5.15. The number of nitrogens with zero attached hydrogens (tertiary/aromatic N) is 1. The third kappa shape index (κ3) is 4.00. The number of thiophene rings is 1. The summed E-state index contributed by atoms with van der Waals surface area (Å²) in [4.78, 5) is 5.18. The monoisotopic (exact) mass is 416 g/mol. The molecule has 2 aromatic heterocycles. The van der Waals surface area contributed by atoms with Crippen molar-refractivity contribution in [1.29, 1.82) is 0 Å². The topological polar surface area (TPSA) is 72.2 Å². The van der Waals surface area contributed by atoms with Crippen molar-refractivity contribution >= 4 is 27.0 Å². The number of rotatable bonds is 6. The second kappa shape index (κ2) is 7.72. The summed E-state index contributed by atoms with van der Waals surface area (Å²) in [6, 6.07) is 10.9. The lowest BCUT2D eigenvalue weighted by Crippen LogP contribution is -2.11. The van der Waals surface area contributed by atoms with E-state index >= 15 is 0 Å². The molecule has 0 radical (unpaired) electrons. The Morgan fingerprint density at radius 2 is 1.82 bits per heavy atom. The first kappa shape index (κ1) is 19.2.